The van der Waals surface area contributed by atoms with Gasteiger partial charge in [-0.3, -0.25) is 0 Å². The molecule has 0 aromatic heterocycles. The molecule has 0 atom stereocenters. The van der Waals surface area contributed by atoms with Crippen LogP contribution in [0.1, 0.15) is 15.9 Å². The van der Waals surface area contributed by atoms with Gasteiger partial charge in [-0.2, -0.15) is 5.12 Å². The van der Waals surface area contributed by atoms with Gasteiger partial charge in [-0.15, -0.1) is 5.10 Å². The second-order valence-electron chi connectivity index (χ2n) is 4.41. The monoisotopic (exact) mass is 300 g/mol. The minimum Gasteiger partial charge on any atom is -0.497 e. The molecule has 0 aliphatic rings. The molecule has 2 aromatic carbocycles. The average Bonchev–Trinajstić information content (AvgIpc) is 2.54. The van der Waals surface area contributed by atoms with E-state index in [2.05, 4.69) is 5.10 Å². The number of hydrogen-bond donors (Lipinski definition) is 3. The molecule has 0 aliphatic carbocycles. The van der Waals surface area contributed by atoms with E-state index in [4.69, 9.17) is 21.4 Å². The number of carboxylic acid groups (broad SMARTS) is 1. The zero-order valence-electron chi connectivity index (χ0n) is 11.9. The van der Waals surface area contributed by atoms with Gasteiger partial charge in [0.25, 0.3) is 0 Å². The molecule has 0 saturated heterocycles. The van der Waals surface area contributed by atoms with E-state index in [9.17, 15) is 4.79 Å². The van der Waals surface area contributed by atoms with E-state index in [1.165, 1.54) is 12.1 Å². The first-order valence-electron chi connectivity index (χ1n) is 6.38. The Morgan fingerprint density at radius 3 is 2.14 bits per heavy atom. The molecule has 0 amide bonds. The quantitative estimate of drug-likeness (QED) is 0.333. The fraction of sp³-hybridized carbons (Fsp3) is 0.0667. The summed E-state index contributed by atoms with van der Waals surface area (Å²) >= 11 is 0. The molecule has 0 heterocycles. The molecule has 0 spiro atoms. The summed E-state index contributed by atoms with van der Waals surface area (Å²) in [5.74, 6) is 5.72. The lowest BCUT2D eigenvalue weighted by Crippen LogP contribution is -2.29. The van der Waals surface area contributed by atoms with Gasteiger partial charge in [0.2, 0.25) is 0 Å². The number of carbonyl (C=O) groups is 1. The van der Waals surface area contributed by atoms with Crippen molar-refractivity contribution in [1.82, 2.24) is 0 Å². The summed E-state index contributed by atoms with van der Waals surface area (Å²) in [6.07, 6.45) is 0. The first-order chi connectivity index (χ1) is 10.5. The molecule has 2 rings (SSSR count). The smallest absolute Gasteiger partial charge is 0.335 e. The van der Waals surface area contributed by atoms with Crippen LogP contribution in [-0.2, 0) is 0 Å². The lowest BCUT2D eigenvalue weighted by Gasteiger charge is -2.14. The summed E-state index contributed by atoms with van der Waals surface area (Å²) in [4.78, 5) is 10.8. The van der Waals surface area contributed by atoms with Crippen molar-refractivity contribution in [2.24, 2.45) is 16.7 Å². The van der Waals surface area contributed by atoms with Crippen molar-refractivity contribution in [3.8, 4) is 5.75 Å². The number of hydrazine groups is 1. The molecule has 114 valence electrons. The molecular formula is C15H16N4O3. The molecule has 2 aromatic rings. The molecule has 5 N–H and O–H groups in total. The van der Waals surface area contributed by atoms with Gasteiger partial charge in [-0.1, -0.05) is 12.1 Å². The summed E-state index contributed by atoms with van der Waals surface area (Å²) in [6, 6.07) is 13.0. The maximum Gasteiger partial charge on any atom is 0.335 e. The van der Waals surface area contributed by atoms with Gasteiger partial charge >= 0.3 is 5.97 Å². The molecule has 0 bridgehead atoms. The van der Waals surface area contributed by atoms with Gasteiger partial charge in [0, 0.05) is 5.56 Å². The van der Waals surface area contributed by atoms with Crippen LogP contribution in [0, 0.1) is 0 Å². The number of carboxylic acids is 1. The van der Waals surface area contributed by atoms with E-state index in [1.54, 1.807) is 43.5 Å². The van der Waals surface area contributed by atoms with Crippen molar-refractivity contribution in [3.05, 3.63) is 59.7 Å². The zero-order chi connectivity index (χ0) is 16.1. The number of amidine groups is 1. The topological polar surface area (TPSA) is 114 Å². The fourth-order valence-electron chi connectivity index (χ4n) is 1.75. The standard InChI is InChI=1S/C15H16N4O3/c1-22-13-8-6-12(7-9-13)19(17)18-14(16)10-2-4-11(5-3-10)15(20)21/h2-9H,17H2,1H3,(H2,16,18)(H,20,21). The van der Waals surface area contributed by atoms with E-state index >= 15 is 0 Å². The number of hydrogen-bond acceptors (Lipinski definition) is 5. The molecule has 7 heteroatoms. The van der Waals surface area contributed by atoms with Crippen molar-refractivity contribution in [2.45, 2.75) is 0 Å². The van der Waals surface area contributed by atoms with Crippen LogP contribution < -0.4 is 21.4 Å². The van der Waals surface area contributed by atoms with Gasteiger partial charge in [0.05, 0.1) is 18.4 Å². The van der Waals surface area contributed by atoms with Crippen LogP contribution in [0.3, 0.4) is 0 Å². The third-order valence-corrected chi connectivity index (χ3v) is 2.98. The molecule has 0 aliphatic heterocycles. The van der Waals surface area contributed by atoms with Crippen molar-refractivity contribution in [2.75, 3.05) is 12.2 Å². The van der Waals surface area contributed by atoms with Crippen LogP contribution in [0.25, 0.3) is 0 Å². The number of hydrazone groups is 1. The van der Waals surface area contributed by atoms with Gasteiger partial charge in [0.15, 0.2) is 5.84 Å². The SMILES string of the molecule is COc1ccc(N(N)/N=C(\N)c2ccc(C(=O)O)cc2)cc1. The van der Waals surface area contributed by atoms with E-state index < -0.39 is 5.97 Å². The molecule has 22 heavy (non-hydrogen) atoms. The van der Waals surface area contributed by atoms with E-state index in [-0.39, 0.29) is 11.4 Å². The Balaban J connectivity index is 2.17. The maximum absolute atomic E-state index is 10.8. The summed E-state index contributed by atoms with van der Waals surface area (Å²) in [6.45, 7) is 0. The van der Waals surface area contributed by atoms with Crippen molar-refractivity contribution < 1.29 is 14.6 Å². The fourth-order valence-corrected chi connectivity index (χ4v) is 1.75. The third-order valence-electron chi connectivity index (χ3n) is 2.98. The molecule has 7 nitrogen and oxygen atoms in total. The second kappa shape index (κ2) is 6.59. The van der Waals surface area contributed by atoms with Crippen LogP contribution in [0.2, 0.25) is 0 Å². The van der Waals surface area contributed by atoms with Crippen LogP contribution in [0.4, 0.5) is 5.69 Å². The maximum atomic E-state index is 10.8. The van der Waals surface area contributed by atoms with Gasteiger partial charge < -0.3 is 15.6 Å². The number of nitrogens with zero attached hydrogens (tertiary/aromatic N) is 2. The first-order valence-corrected chi connectivity index (χ1v) is 6.38. The van der Waals surface area contributed by atoms with Gasteiger partial charge in [0.1, 0.15) is 5.75 Å². The highest BCUT2D eigenvalue weighted by Crippen LogP contribution is 2.17. The average molecular weight is 300 g/mol. The summed E-state index contributed by atoms with van der Waals surface area (Å²) in [5.41, 5.74) is 7.26. The highest BCUT2D eigenvalue weighted by atomic mass is 16.5. The number of methoxy groups -OCH3 is 1. The normalized spacial score (nSPS) is 11.1. The minimum atomic E-state index is -0.999. The van der Waals surface area contributed by atoms with E-state index in [1.807, 2.05) is 0 Å². The Hall–Kier alpha value is -3.06. The highest BCUT2D eigenvalue weighted by Gasteiger charge is 2.06. The molecule has 0 radical (unpaired) electrons. The van der Waals surface area contributed by atoms with Gasteiger partial charge in [-0.05, 0) is 36.4 Å². The van der Waals surface area contributed by atoms with Crippen molar-refractivity contribution in [3.63, 3.8) is 0 Å². The summed E-state index contributed by atoms with van der Waals surface area (Å²) in [5, 5.41) is 14.1. The number of benzene rings is 2. The van der Waals surface area contributed by atoms with E-state index in [0.717, 1.165) is 5.12 Å². The Morgan fingerprint density at radius 1 is 1.09 bits per heavy atom. The van der Waals surface area contributed by atoms with Gasteiger partial charge in [-0.25, -0.2) is 10.6 Å². The predicted molar refractivity (Wildman–Crippen MR) is 83.8 cm³/mol. The van der Waals surface area contributed by atoms with Crippen LogP contribution in [0.15, 0.2) is 53.6 Å². The van der Waals surface area contributed by atoms with Crippen LogP contribution in [-0.4, -0.2) is 24.0 Å². The summed E-state index contributed by atoms with van der Waals surface area (Å²) in [7, 11) is 1.58. The highest BCUT2D eigenvalue weighted by molar-refractivity contribution is 5.99. The van der Waals surface area contributed by atoms with Crippen molar-refractivity contribution >= 4 is 17.5 Å². The Labute approximate surface area is 127 Å². The lowest BCUT2D eigenvalue weighted by atomic mass is 10.1. The predicted octanol–water partition coefficient (Wildman–Crippen LogP) is 1.39. The Bertz CT molecular complexity index is 681. The third kappa shape index (κ3) is 3.53. The zero-order valence-corrected chi connectivity index (χ0v) is 11.9. The summed E-state index contributed by atoms with van der Waals surface area (Å²) < 4.78 is 5.06. The number of aromatic carboxylic acids is 1. The number of rotatable bonds is 5. The van der Waals surface area contributed by atoms with Crippen LogP contribution in [0.5, 0.6) is 5.75 Å². The lowest BCUT2D eigenvalue weighted by molar-refractivity contribution is 0.0697. The number of anilines is 1. The Kier molecular flexibility index (Phi) is 4.60. The second-order valence-corrected chi connectivity index (χ2v) is 4.41. The molecule has 0 unspecified atom stereocenters. The Morgan fingerprint density at radius 2 is 1.64 bits per heavy atom. The molecule has 0 fully saturated rings. The van der Waals surface area contributed by atoms with Crippen LogP contribution >= 0.6 is 0 Å². The van der Waals surface area contributed by atoms with E-state index in [0.29, 0.717) is 17.0 Å². The molecule has 0 saturated carbocycles. The number of nitrogens with two attached hydrogens (primary N) is 2. The first kappa shape index (κ1) is 15.3. The van der Waals surface area contributed by atoms with Crippen molar-refractivity contribution in [1.29, 1.82) is 0 Å². The number of ether oxygens (including phenoxy) is 1. The largest absolute Gasteiger partial charge is 0.497 e. The molecular weight excluding hydrogens is 284 g/mol. The minimum absolute atomic E-state index is 0.176.